The van der Waals surface area contributed by atoms with E-state index in [-0.39, 0.29) is 23.6 Å². The molecular weight excluding hydrogens is 448 g/mol. The van der Waals surface area contributed by atoms with Crippen LogP contribution in [0.25, 0.3) is 11.4 Å². The monoisotopic (exact) mass is 472 g/mol. The number of hydrogen-bond acceptors (Lipinski definition) is 6. The SMILES string of the molecule is Cc1nn(-c2ccccc2)c(C)c1CN(C)C(=O)c1nn(-c2ccccc2[N+](=O)[O-])c(C)cc1=O. The van der Waals surface area contributed by atoms with Gasteiger partial charge in [-0.15, -0.1) is 0 Å². The third-order valence-electron chi connectivity index (χ3n) is 5.80. The summed E-state index contributed by atoms with van der Waals surface area (Å²) < 4.78 is 3.07. The molecule has 35 heavy (non-hydrogen) atoms. The van der Waals surface area contributed by atoms with Crippen molar-refractivity contribution in [2.45, 2.75) is 27.3 Å². The fourth-order valence-corrected chi connectivity index (χ4v) is 3.95. The fourth-order valence-electron chi connectivity index (χ4n) is 3.95. The van der Waals surface area contributed by atoms with Crippen molar-refractivity contribution in [2.75, 3.05) is 7.05 Å². The molecular formula is C25H24N6O4. The van der Waals surface area contributed by atoms with Crippen LogP contribution in [0.4, 0.5) is 5.69 Å². The summed E-state index contributed by atoms with van der Waals surface area (Å²) in [4.78, 5) is 38.3. The number of hydrogen-bond donors (Lipinski definition) is 0. The van der Waals surface area contributed by atoms with E-state index in [1.54, 1.807) is 26.1 Å². The first kappa shape index (κ1) is 23.6. The lowest BCUT2D eigenvalue weighted by atomic mass is 10.1. The summed E-state index contributed by atoms with van der Waals surface area (Å²) in [6.45, 7) is 5.61. The molecule has 0 aliphatic rings. The lowest BCUT2D eigenvalue weighted by Crippen LogP contribution is -2.33. The molecule has 0 spiro atoms. The normalized spacial score (nSPS) is 10.9. The molecule has 1 amide bonds. The zero-order chi connectivity index (χ0) is 25.3. The Morgan fingerprint density at radius 1 is 1.00 bits per heavy atom. The van der Waals surface area contributed by atoms with E-state index in [2.05, 4.69) is 10.2 Å². The molecule has 0 radical (unpaired) electrons. The number of rotatable bonds is 6. The predicted molar refractivity (Wildman–Crippen MR) is 130 cm³/mol. The summed E-state index contributed by atoms with van der Waals surface area (Å²) in [5, 5.41) is 20.3. The molecule has 10 heteroatoms. The average Bonchev–Trinajstić information content (AvgIpc) is 3.12. The van der Waals surface area contributed by atoms with Gasteiger partial charge in [0.25, 0.3) is 11.6 Å². The molecule has 0 aliphatic heterocycles. The zero-order valence-electron chi connectivity index (χ0n) is 19.8. The van der Waals surface area contributed by atoms with Gasteiger partial charge < -0.3 is 4.90 Å². The number of carbonyl (C=O) groups excluding carboxylic acids is 1. The number of nitro groups is 1. The van der Waals surface area contributed by atoms with Gasteiger partial charge in [0.2, 0.25) is 5.43 Å². The van der Waals surface area contributed by atoms with Gasteiger partial charge in [-0.25, -0.2) is 9.36 Å². The van der Waals surface area contributed by atoms with Crippen LogP contribution in [0.15, 0.2) is 65.5 Å². The van der Waals surface area contributed by atoms with Crippen molar-refractivity contribution in [3.05, 3.63) is 109 Å². The first-order valence-electron chi connectivity index (χ1n) is 10.9. The molecule has 0 atom stereocenters. The second-order valence-electron chi connectivity index (χ2n) is 8.21. The first-order chi connectivity index (χ1) is 16.7. The Balaban J connectivity index is 1.68. The molecule has 4 rings (SSSR count). The predicted octanol–water partition coefficient (Wildman–Crippen LogP) is 3.52. The number of benzene rings is 2. The Morgan fingerprint density at radius 2 is 1.66 bits per heavy atom. The summed E-state index contributed by atoms with van der Waals surface area (Å²) in [5.74, 6) is -0.589. The standard InChI is InChI=1S/C25H24N6O4/c1-16-14-23(32)24(27-29(16)21-12-8-9-13-22(21)31(34)35)25(33)28(4)15-20-17(2)26-30(18(20)3)19-10-6-5-7-11-19/h5-14H,15H2,1-4H3. The Kier molecular flexibility index (Phi) is 6.28. The van der Waals surface area contributed by atoms with Crippen LogP contribution in [0, 0.1) is 30.9 Å². The molecule has 2 aromatic heterocycles. The first-order valence-corrected chi connectivity index (χ1v) is 10.9. The quantitative estimate of drug-likeness (QED) is 0.313. The maximum absolute atomic E-state index is 13.3. The molecule has 0 saturated carbocycles. The highest BCUT2D eigenvalue weighted by molar-refractivity contribution is 5.92. The number of amides is 1. The van der Waals surface area contributed by atoms with Crippen molar-refractivity contribution in [2.24, 2.45) is 0 Å². The second-order valence-corrected chi connectivity index (χ2v) is 8.21. The minimum absolute atomic E-state index is 0.169. The number of aromatic nitrogens is 4. The van der Waals surface area contributed by atoms with Crippen molar-refractivity contribution in [1.29, 1.82) is 0 Å². The fraction of sp³-hybridized carbons (Fsp3) is 0.200. The molecule has 0 fully saturated rings. The summed E-state index contributed by atoms with van der Waals surface area (Å²) in [6.07, 6.45) is 0. The molecule has 0 unspecified atom stereocenters. The number of para-hydroxylation sites is 3. The van der Waals surface area contributed by atoms with Crippen LogP contribution in [0.5, 0.6) is 0 Å². The Bertz CT molecular complexity index is 1490. The number of nitrogens with zero attached hydrogens (tertiary/aromatic N) is 6. The van der Waals surface area contributed by atoms with Crippen LogP contribution >= 0.6 is 0 Å². The van der Waals surface area contributed by atoms with Gasteiger partial charge in [-0.2, -0.15) is 10.2 Å². The highest BCUT2D eigenvalue weighted by Crippen LogP contribution is 2.23. The molecule has 0 saturated heterocycles. The summed E-state index contributed by atoms with van der Waals surface area (Å²) in [5.41, 5.74) is 2.89. The average molecular weight is 473 g/mol. The van der Waals surface area contributed by atoms with E-state index in [1.165, 1.54) is 27.8 Å². The Hall–Kier alpha value is -4.60. The van der Waals surface area contributed by atoms with Gasteiger partial charge in [0.15, 0.2) is 5.69 Å². The van der Waals surface area contributed by atoms with E-state index in [9.17, 15) is 19.7 Å². The van der Waals surface area contributed by atoms with Crippen LogP contribution in [0.1, 0.15) is 33.1 Å². The molecule has 2 heterocycles. The van der Waals surface area contributed by atoms with Gasteiger partial charge in [0, 0.05) is 42.7 Å². The molecule has 2 aromatic carbocycles. The molecule has 0 N–H and O–H groups in total. The molecule has 4 aromatic rings. The summed E-state index contributed by atoms with van der Waals surface area (Å²) in [7, 11) is 1.58. The zero-order valence-corrected chi connectivity index (χ0v) is 19.8. The maximum Gasteiger partial charge on any atom is 0.294 e. The number of aryl methyl sites for hydroxylation is 2. The smallest absolute Gasteiger partial charge is 0.294 e. The minimum atomic E-state index is -0.589. The van der Waals surface area contributed by atoms with Crippen LogP contribution in [0.3, 0.4) is 0 Å². The topological polar surface area (TPSA) is 116 Å². The van der Waals surface area contributed by atoms with Crippen molar-refractivity contribution in [3.8, 4) is 11.4 Å². The van der Waals surface area contributed by atoms with Gasteiger partial charge in [0.1, 0.15) is 5.69 Å². The van der Waals surface area contributed by atoms with Gasteiger partial charge in [0.05, 0.1) is 16.3 Å². The van der Waals surface area contributed by atoms with E-state index in [4.69, 9.17) is 0 Å². The van der Waals surface area contributed by atoms with E-state index >= 15 is 0 Å². The number of carbonyl (C=O) groups is 1. The van der Waals surface area contributed by atoms with E-state index < -0.39 is 16.3 Å². The minimum Gasteiger partial charge on any atom is -0.336 e. The van der Waals surface area contributed by atoms with Crippen LogP contribution in [0.2, 0.25) is 0 Å². The molecule has 10 nitrogen and oxygen atoms in total. The molecule has 0 aliphatic carbocycles. The third kappa shape index (κ3) is 4.45. The van der Waals surface area contributed by atoms with Crippen molar-refractivity contribution < 1.29 is 9.72 Å². The van der Waals surface area contributed by atoms with E-state index in [0.717, 1.165) is 22.6 Å². The van der Waals surface area contributed by atoms with Gasteiger partial charge in [-0.1, -0.05) is 30.3 Å². The largest absolute Gasteiger partial charge is 0.336 e. The molecule has 178 valence electrons. The highest BCUT2D eigenvalue weighted by atomic mass is 16.6. The van der Waals surface area contributed by atoms with Gasteiger partial charge in [-0.3, -0.25) is 19.7 Å². The van der Waals surface area contributed by atoms with E-state index in [1.807, 2.05) is 48.9 Å². The van der Waals surface area contributed by atoms with Crippen LogP contribution in [-0.4, -0.2) is 42.3 Å². The lowest BCUT2D eigenvalue weighted by molar-refractivity contribution is -0.384. The third-order valence-corrected chi connectivity index (χ3v) is 5.80. The van der Waals surface area contributed by atoms with Crippen molar-refractivity contribution >= 4 is 11.6 Å². The Labute approximate surface area is 201 Å². The van der Waals surface area contributed by atoms with Gasteiger partial charge in [-0.05, 0) is 39.0 Å². The van der Waals surface area contributed by atoms with Crippen molar-refractivity contribution in [1.82, 2.24) is 24.5 Å². The van der Waals surface area contributed by atoms with Crippen LogP contribution < -0.4 is 5.43 Å². The molecule has 0 bridgehead atoms. The summed E-state index contributed by atoms with van der Waals surface area (Å²) >= 11 is 0. The van der Waals surface area contributed by atoms with Gasteiger partial charge >= 0.3 is 0 Å². The highest BCUT2D eigenvalue weighted by Gasteiger charge is 2.24. The Morgan fingerprint density at radius 3 is 2.34 bits per heavy atom. The maximum atomic E-state index is 13.3. The van der Waals surface area contributed by atoms with E-state index in [0.29, 0.717) is 5.69 Å². The summed E-state index contributed by atoms with van der Waals surface area (Å²) in [6, 6.07) is 17.0. The van der Waals surface area contributed by atoms with Crippen LogP contribution in [-0.2, 0) is 6.54 Å². The van der Waals surface area contributed by atoms with Crippen molar-refractivity contribution in [3.63, 3.8) is 0 Å². The number of nitro benzene ring substituents is 1. The second kappa shape index (κ2) is 9.34. The lowest BCUT2D eigenvalue weighted by Gasteiger charge is -2.18.